The highest BCUT2D eigenvalue weighted by Crippen LogP contribution is 2.23. The van der Waals surface area contributed by atoms with Crippen LogP contribution in [0.25, 0.3) is 0 Å². The first kappa shape index (κ1) is 25.0. The van der Waals surface area contributed by atoms with Crippen LogP contribution < -0.4 is 14.8 Å². The molecule has 36 heavy (non-hydrogen) atoms. The van der Waals surface area contributed by atoms with E-state index < -0.39 is 10.0 Å². The van der Waals surface area contributed by atoms with Crippen molar-refractivity contribution in [2.45, 2.75) is 24.8 Å². The number of carbonyl (C=O) groups is 1. The SMILES string of the molecule is Cc1cc(C)cc(NS(=O)(=O)c2ccc(OCC(=O)NC(c3ccccc3)c3ccccc3)cc2)c1. The number of hydrogen-bond donors (Lipinski definition) is 2. The summed E-state index contributed by atoms with van der Waals surface area (Å²) in [6.07, 6.45) is 0. The fraction of sp³-hybridized carbons (Fsp3) is 0.138. The second-order valence-corrected chi connectivity index (χ2v) is 10.2. The van der Waals surface area contributed by atoms with Crippen molar-refractivity contribution in [1.29, 1.82) is 0 Å². The molecule has 0 unspecified atom stereocenters. The van der Waals surface area contributed by atoms with Gasteiger partial charge in [-0.05, 0) is 72.5 Å². The quantitative estimate of drug-likeness (QED) is 0.323. The molecule has 0 bridgehead atoms. The molecule has 0 radical (unpaired) electrons. The summed E-state index contributed by atoms with van der Waals surface area (Å²) in [6, 6.07) is 30.6. The second-order valence-electron chi connectivity index (χ2n) is 8.56. The number of carbonyl (C=O) groups excluding carboxylic acids is 1. The zero-order chi connectivity index (χ0) is 25.5. The Balaban J connectivity index is 1.39. The smallest absolute Gasteiger partial charge is 0.261 e. The molecular formula is C29H28N2O4S. The van der Waals surface area contributed by atoms with Crippen molar-refractivity contribution in [3.05, 3.63) is 125 Å². The van der Waals surface area contributed by atoms with E-state index in [0.29, 0.717) is 11.4 Å². The Bertz CT molecular complexity index is 1360. The molecule has 0 fully saturated rings. The highest BCUT2D eigenvalue weighted by Gasteiger charge is 2.18. The largest absolute Gasteiger partial charge is 0.484 e. The lowest BCUT2D eigenvalue weighted by Gasteiger charge is -2.20. The van der Waals surface area contributed by atoms with Crippen molar-refractivity contribution >= 4 is 21.6 Å². The molecule has 0 spiro atoms. The fourth-order valence-corrected chi connectivity index (χ4v) is 5.00. The van der Waals surface area contributed by atoms with E-state index in [9.17, 15) is 13.2 Å². The Morgan fingerprint density at radius 3 is 1.83 bits per heavy atom. The van der Waals surface area contributed by atoms with E-state index in [0.717, 1.165) is 22.3 Å². The summed E-state index contributed by atoms with van der Waals surface area (Å²) in [5.41, 5.74) is 4.37. The van der Waals surface area contributed by atoms with Gasteiger partial charge in [-0.2, -0.15) is 0 Å². The van der Waals surface area contributed by atoms with Gasteiger partial charge in [0, 0.05) is 5.69 Å². The van der Waals surface area contributed by atoms with Crippen LogP contribution in [0.4, 0.5) is 5.69 Å². The Morgan fingerprint density at radius 1 is 0.778 bits per heavy atom. The van der Waals surface area contributed by atoms with E-state index in [1.807, 2.05) is 80.6 Å². The highest BCUT2D eigenvalue weighted by molar-refractivity contribution is 7.92. The van der Waals surface area contributed by atoms with Gasteiger partial charge in [0.25, 0.3) is 15.9 Å². The third-order valence-electron chi connectivity index (χ3n) is 5.55. The van der Waals surface area contributed by atoms with E-state index in [-0.39, 0.29) is 23.5 Å². The monoisotopic (exact) mass is 500 g/mol. The topological polar surface area (TPSA) is 84.5 Å². The Hall–Kier alpha value is -4.10. The molecule has 0 aliphatic rings. The van der Waals surface area contributed by atoms with Crippen LogP contribution in [-0.4, -0.2) is 20.9 Å². The Labute approximate surface area is 212 Å². The first-order valence-electron chi connectivity index (χ1n) is 11.5. The van der Waals surface area contributed by atoms with Crippen LogP contribution in [-0.2, 0) is 14.8 Å². The first-order valence-corrected chi connectivity index (χ1v) is 13.0. The minimum absolute atomic E-state index is 0.103. The van der Waals surface area contributed by atoms with Crippen molar-refractivity contribution < 1.29 is 17.9 Å². The standard InChI is InChI=1S/C29H28N2O4S/c1-21-17-22(2)19-25(18-21)31-36(33,34)27-15-13-26(14-16-27)35-20-28(32)30-29(23-9-5-3-6-10-23)24-11-7-4-8-12-24/h3-19,29,31H,20H2,1-2H3,(H,30,32). The minimum Gasteiger partial charge on any atom is -0.484 e. The molecule has 6 nitrogen and oxygen atoms in total. The second kappa shape index (κ2) is 11.1. The molecule has 0 heterocycles. The lowest BCUT2D eigenvalue weighted by molar-refractivity contribution is -0.123. The van der Waals surface area contributed by atoms with Gasteiger partial charge < -0.3 is 10.1 Å². The van der Waals surface area contributed by atoms with Crippen LogP contribution in [0.5, 0.6) is 5.75 Å². The molecule has 4 rings (SSSR count). The van der Waals surface area contributed by atoms with Crippen molar-refractivity contribution in [2.24, 2.45) is 0 Å². The van der Waals surface area contributed by atoms with Gasteiger partial charge in [-0.1, -0.05) is 66.7 Å². The van der Waals surface area contributed by atoms with E-state index in [2.05, 4.69) is 10.0 Å². The number of sulfonamides is 1. The first-order chi connectivity index (χ1) is 17.3. The van der Waals surface area contributed by atoms with Crippen LogP contribution >= 0.6 is 0 Å². The average molecular weight is 501 g/mol. The van der Waals surface area contributed by atoms with Crippen molar-refractivity contribution in [2.75, 3.05) is 11.3 Å². The molecule has 4 aromatic carbocycles. The molecule has 0 aliphatic heterocycles. The van der Waals surface area contributed by atoms with Gasteiger partial charge in [-0.15, -0.1) is 0 Å². The molecule has 184 valence electrons. The molecule has 0 saturated heterocycles. The van der Waals surface area contributed by atoms with E-state index in [4.69, 9.17) is 4.74 Å². The summed E-state index contributed by atoms with van der Waals surface area (Å²) >= 11 is 0. The number of benzene rings is 4. The molecule has 2 N–H and O–H groups in total. The van der Waals surface area contributed by atoms with Crippen LogP contribution in [0.15, 0.2) is 108 Å². The van der Waals surface area contributed by atoms with Crippen molar-refractivity contribution in [3.8, 4) is 5.75 Å². The average Bonchev–Trinajstić information content (AvgIpc) is 2.86. The zero-order valence-corrected chi connectivity index (χ0v) is 21.0. The number of rotatable bonds is 9. The molecule has 1 amide bonds. The molecule has 0 aliphatic carbocycles. The lowest BCUT2D eigenvalue weighted by atomic mass is 9.99. The third kappa shape index (κ3) is 6.52. The maximum absolute atomic E-state index is 12.8. The predicted molar refractivity (Wildman–Crippen MR) is 142 cm³/mol. The van der Waals surface area contributed by atoms with Crippen molar-refractivity contribution in [3.63, 3.8) is 0 Å². The summed E-state index contributed by atoms with van der Waals surface area (Å²) in [4.78, 5) is 12.8. The number of amides is 1. The third-order valence-corrected chi connectivity index (χ3v) is 6.95. The molecule has 4 aromatic rings. The minimum atomic E-state index is -3.76. The maximum atomic E-state index is 12.8. The highest BCUT2D eigenvalue weighted by atomic mass is 32.2. The number of nitrogens with one attached hydrogen (secondary N) is 2. The number of hydrogen-bond acceptors (Lipinski definition) is 4. The van der Waals surface area contributed by atoms with E-state index in [1.165, 1.54) is 24.3 Å². The van der Waals surface area contributed by atoms with E-state index in [1.54, 1.807) is 12.1 Å². The predicted octanol–water partition coefficient (Wildman–Crippen LogP) is 5.39. The van der Waals surface area contributed by atoms with Gasteiger partial charge in [0.15, 0.2) is 6.61 Å². The van der Waals surface area contributed by atoms with Gasteiger partial charge in [-0.3, -0.25) is 9.52 Å². The molecule has 7 heteroatoms. The van der Waals surface area contributed by atoms with Gasteiger partial charge in [0.2, 0.25) is 0 Å². The van der Waals surface area contributed by atoms with Gasteiger partial charge in [-0.25, -0.2) is 8.42 Å². The molecule has 0 saturated carbocycles. The summed E-state index contributed by atoms with van der Waals surface area (Å²) < 4.78 is 33.8. The number of ether oxygens (including phenoxy) is 1. The van der Waals surface area contributed by atoms with Gasteiger partial charge in [0.1, 0.15) is 5.75 Å². The fourth-order valence-electron chi connectivity index (χ4n) is 3.96. The lowest BCUT2D eigenvalue weighted by Crippen LogP contribution is -2.33. The zero-order valence-electron chi connectivity index (χ0n) is 20.1. The molecular weight excluding hydrogens is 472 g/mol. The molecule has 0 aromatic heterocycles. The number of aryl methyl sites for hydroxylation is 2. The number of anilines is 1. The normalized spacial score (nSPS) is 11.2. The van der Waals surface area contributed by atoms with E-state index >= 15 is 0 Å². The van der Waals surface area contributed by atoms with Crippen LogP contribution in [0.1, 0.15) is 28.3 Å². The van der Waals surface area contributed by atoms with Crippen LogP contribution in [0.3, 0.4) is 0 Å². The van der Waals surface area contributed by atoms with Crippen LogP contribution in [0.2, 0.25) is 0 Å². The maximum Gasteiger partial charge on any atom is 0.261 e. The van der Waals surface area contributed by atoms with Gasteiger partial charge >= 0.3 is 0 Å². The van der Waals surface area contributed by atoms with Crippen molar-refractivity contribution in [1.82, 2.24) is 5.32 Å². The summed E-state index contributed by atoms with van der Waals surface area (Å²) in [5.74, 6) is 0.104. The van der Waals surface area contributed by atoms with Gasteiger partial charge in [0.05, 0.1) is 10.9 Å². The Morgan fingerprint density at radius 2 is 1.31 bits per heavy atom. The summed E-state index contributed by atoms with van der Waals surface area (Å²) in [5, 5.41) is 3.02. The Kier molecular flexibility index (Phi) is 7.71. The summed E-state index contributed by atoms with van der Waals surface area (Å²) in [7, 11) is -3.76. The molecule has 0 atom stereocenters. The summed E-state index contributed by atoms with van der Waals surface area (Å²) in [6.45, 7) is 3.62. The van der Waals surface area contributed by atoms with Crippen LogP contribution in [0, 0.1) is 13.8 Å².